The Labute approximate surface area is 92.1 Å². The summed E-state index contributed by atoms with van der Waals surface area (Å²) < 4.78 is 0. The van der Waals surface area contributed by atoms with Crippen LogP contribution in [0.1, 0.15) is 32.6 Å². The Morgan fingerprint density at radius 2 is 2.21 bits per heavy atom. The van der Waals surface area contributed by atoms with Crippen molar-refractivity contribution in [2.24, 2.45) is 11.8 Å². The summed E-state index contributed by atoms with van der Waals surface area (Å²) in [7, 11) is 0. The van der Waals surface area contributed by atoms with Crippen molar-refractivity contribution in [3.05, 3.63) is 11.1 Å². The maximum Gasteiger partial charge on any atom is 0.0808 e. The lowest BCUT2D eigenvalue weighted by atomic mass is 9.86. The Balaban J connectivity index is 1.84. The van der Waals surface area contributed by atoms with Crippen molar-refractivity contribution in [3.63, 3.8) is 0 Å². The molecule has 0 aromatic rings. The molecule has 1 N–H and O–H groups in total. The molecule has 0 aromatic carbocycles. The molecule has 0 spiro atoms. The molecule has 1 heterocycles. The SMILES string of the molecule is CCCC[NH+]1C[C@H]2CC=C(Cl)C[C@H]2C1. The van der Waals surface area contributed by atoms with E-state index in [1.54, 1.807) is 0 Å². The first kappa shape index (κ1) is 10.5. The van der Waals surface area contributed by atoms with E-state index in [1.165, 1.54) is 38.9 Å². The number of quaternary nitrogens is 1. The molecule has 0 amide bonds. The zero-order valence-electron chi connectivity index (χ0n) is 9.06. The molecule has 1 aliphatic carbocycles. The van der Waals surface area contributed by atoms with Crippen LogP contribution in [0.5, 0.6) is 0 Å². The predicted molar refractivity (Wildman–Crippen MR) is 60.6 cm³/mol. The number of likely N-dealkylation sites (tertiary alicyclic amines) is 1. The molecule has 80 valence electrons. The van der Waals surface area contributed by atoms with Crippen LogP contribution >= 0.6 is 11.6 Å². The zero-order chi connectivity index (χ0) is 9.97. The van der Waals surface area contributed by atoms with E-state index in [0.717, 1.165) is 23.3 Å². The van der Waals surface area contributed by atoms with Crippen molar-refractivity contribution in [2.75, 3.05) is 19.6 Å². The van der Waals surface area contributed by atoms with Gasteiger partial charge in [-0.25, -0.2) is 0 Å². The monoisotopic (exact) mass is 214 g/mol. The third kappa shape index (κ3) is 2.32. The standard InChI is InChI=1S/C12H20ClN/c1-2-3-6-14-8-10-4-5-12(13)7-11(10)9-14/h5,10-11H,2-4,6-9H2,1H3/p+1/t10-,11+/m1/s1. The molecule has 2 aliphatic rings. The molecule has 2 heteroatoms. The van der Waals surface area contributed by atoms with Crippen molar-refractivity contribution < 1.29 is 4.90 Å². The maximum atomic E-state index is 6.09. The largest absolute Gasteiger partial charge is 0.334 e. The van der Waals surface area contributed by atoms with Gasteiger partial charge in [0.1, 0.15) is 0 Å². The lowest BCUT2D eigenvalue weighted by molar-refractivity contribution is -0.890. The number of nitrogens with one attached hydrogen (secondary N) is 1. The minimum atomic E-state index is 0.888. The molecule has 1 aliphatic heterocycles. The summed E-state index contributed by atoms with van der Waals surface area (Å²) in [4.78, 5) is 1.82. The lowest BCUT2D eigenvalue weighted by Gasteiger charge is -2.18. The van der Waals surface area contributed by atoms with E-state index in [2.05, 4.69) is 13.0 Å². The summed E-state index contributed by atoms with van der Waals surface area (Å²) in [6.45, 7) is 6.42. The van der Waals surface area contributed by atoms with E-state index in [1.807, 2.05) is 4.90 Å². The van der Waals surface area contributed by atoms with Gasteiger partial charge in [0.25, 0.3) is 0 Å². The van der Waals surface area contributed by atoms with Gasteiger partial charge in [-0.3, -0.25) is 0 Å². The fourth-order valence-electron chi connectivity index (χ4n) is 2.92. The number of unbranched alkanes of at least 4 members (excludes halogenated alkanes) is 1. The van der Waals surface area contributed by atoms with Gasteiger partial charge in [0, 0.05) is 16.9 Å². The second-order valence-electron chi connectivity index (χ2n) is 4.87. The quantitative estimate of drug-likeness (QED) is 0.732. The molecular weight excluding hydrogens is 194 g/mol. The average molecular weight is 215 g/mol. The van der Waals surface area contributed by atoms with E-state index in [9.17, 15) is 0 Å². The highest BCUT2D eigenvalue weighted by Gasteiger charge is 2.37. The summed E-state index contributed by atoms with van der Waals surface area (Å²) in [5.41, 5.74) is 0. The van der Waals surface area contributed by atoms with Crippen molar-refractivity contribution in [1.82, 2.24) is 0 Å². The predicted octanol–water partition coefficient (Wildman–Crippen LogP) is 1.83. The Bertz CT molecular complexity index is 224. The summed E-state index contributed by atoms with van der Waals surface area (Å²) in [5, 5.41) is 1.11. The highest BCUT2D eigenvalue weighted by atomic mass is 35.5. The zero-order valence-corrected chi connectivity index (χ0v) is 9.82. The fraction of sp³-hybridized carbons (Fsp3) is 0.833. The molecule has 14 heavy (non-hydrogen) atoms. The Hall–Kier alpha value is -0.0100. The lowest BCUT2D eigenvalue weighted by Crippen LogP contribution is -3.10. The first-order valence-corrected chi connectivity index (χ1v) is 6.35. The topological polar surface area (TPSA) is 4.44 Å². The summed E-state index contributed by atoms with van der Waals surface area (Å²) in [5.74, 6) is 1.82. The van der Waals surface area contributed by atoms with Crippen LogP contribution in [0.4, 0.5) is 0 Å². The Kier molecular flexibility index (Phi) is 3.51. The van der Waals surface area contributed by atoms with E-state index in [-0.39, 0.29) is 0 Å². The van der Waals surface area contributed by atoms with E-state index >= 15 is 0 Å². The third-order valence-electron chi connectivity index (χ3n) is 3.75. The highest BCUT2D eigenvalue weighted by molar-refractivity contribution is 6.29. The van der Waals surface area contributed by atoms with E-state index in [0.29, 0.717) is 0 Å². The van der Waals surface area contributed by atoms with Gasteiger partial charge >= 0.3 is 0 Å². The van der Waals surface area contributed by atoms with Crippen molar-refractivity contribution in [1.29, 1.82) is 0 Å². The number of rotatable bonds is 3. The van der Waals surface area contributed by atoms with Gasteiger partial charge in [-0.2, -0.15) is 0 Å². The van der Waals surface area contributed by atoms with Crippen LogP contribution in [0.3, 0.4) is 0 Å². The summed E-state index contributed by atoms with van der Waals surface area (Å²) >= 11 is 6.09. The smallest absolute Gasteiger partial charge is 0.0808 e. The van der Waals surface area contributed by atoms with Crippen molar-refractivity contribution in [2.45, 2.75) is 32.6 Å². The molecule has 3 atom stereocenters. The Morgan fingerprint density at radius 1 is 1.43 bits per heavy atom. The molecular formula is C12H21ClN+. The number of fused-ring (bicyclic) bond motifs is 1. The molecule has 1 unspecified atom stereocenters. The fourth-order valence-corrected chi connectivity index (χ4v) is 3.20. The Morgan fingerprint density at radius 3 is 3.00 bits per heavy atom. The molecule has 1 nitrogen and oxygen atoms in total. The number of allylic oxidation sites excluding steroid dienone is 2. The van der Waals surface area contributed by atoms with Gasteiger partial charge in [-0.15, -0.1) is 0 Å². The highest BCUT2D eigenvalue weighted by Crippen LogP contribution is 2.31. The minimum absolute atomic E-state index is 0.888. The van der Waals surface area contributed by atoms with Crippen LogP contribution in [0.15, 0.2) is 11.1 Å². The summed E-state index contributed by atoms with van der Waals surface area (Å²) in [6, 6.07) is 0. The van der Waals surface area contributed by atoms with Crippen LogP contribution < -0.4 is 4.90 Å². The van der Waals surface area contributed by atoms with Crippen LogP contribution in [0.25, 0.3) is 0 Å². The number of hydrogen-bond donors (Lipinski definition) is 1. The average Bonchev–Trinajstić information content (AvgIpc) is 2.56. The normalized spacial score (nSPS) is 36.7. The van der Waals surface area contributed by atoms with Crippen LogP contribution in [-0.2, 0) is 0 Å². The molecule has 0 bridgehead atoms. The van der Waals surface area contributed by atoms with Crippen LogP contribution in [0.2, 0.25) is 0 Å². The van der Waals surface area contributed by atoms with E-state index < -0.39 is 0 Å². The minimum Gasteiger partial charge on any atom is -0.334 e. The van der Waals surface area contributed by atoms with Crippen LogP contribution in [-0.4, -0.2) is 19.6 Å². The first-order valence-electron chi connectivity index (χ1n) is 5.97. The third-order valence-corrected chi connectivity index (χ3v) is 4.06. The molecule has 1 saturated heterocycles. The molecule has 0 aromatic heterocycles. The van der Waals surface area contributed by atoms with Crippen molar-refractivity contribution >= 4 is 11.6 Å². The summed E-state index contributed by atoms with van der Waals surface area (Å²) in [6.07, 6.45) is 7.35. The van der Waals surface area contributed by atoms with Gasteiger partial charge in [-0.1, -0.05) is 31.0 Å². The van der Waals surface area contributed by atoms with Gasteiger partial charge in [0.15, 0.2) is 0 Å². The maximum absolute atomic E-state index is 6.09. The van der Waals surface area contributed by atoms with Crippen LogP contribution in [0, 0.1) is 11.8 Å². The first-order chi connectivity index (χ1) is 6.79. The second-order valence-corrected chi connectivity index (χ2v) is 5.36. The molecule has 2 rings (SSSR count). The van der Waals surface area contributed by atoms with E-state index in [4.69, 9.17) is 11.6 Å². The van der Waals surface area contributed by atoms with Gasteiger partial charge < -0.3 is 4.90 Å². The second kappa shape index (κ2) is 4.67. The molecule has 0 radical (unpaired) electrons. The van der Waals surface area contributed by atoms with Gasteiger partial charge in [-0.05, 0) is 19.3 Å². The molecule has 0 saturated carbocycles. The van der Waals surface area contributed by atoms with Gasteiger partial charge in [0.2, 0.25) is 0 Å². The number of halogens is 1. The number of hydrogen-bond acceptors (Lipinski definition) is 0. The molecule has 1 fully saturated rings. The van der Waals surface area contributed by atoms with Crippen molar-refractivity contribution in [3.8, 4) is 0 Å². The van der Waals surface area contributed by atoms with Gasteiger partial charge in [0.05, 0.1) is 19.6 Å².